The van der Waals surface area contributed by atoms with Crippen molar-refractivity contribution in [3.05, 3.63) is 316 Å². The summed E-state index contributed by atoms with van der Waals surface area (Å²) in [6.45, 7) is 17.0. The van der Waals surface area contributed by atoms with Gasteiger partial charge in [-0.15, -0.1) is 0 Å². The molecule has 1 heterocycles. The summed E-state index contributed by atoms with van der Waals surface area (Å²) in [5.41, 5.74) is 21.9. The molecule has 1 nitrogen and oxygen atoms in total. The first-order valence-electron chi connectivity index (χ1n) is 25.3. The summed E-state index contributed by atoms with van der Waals surface area (Å²) in [6, 6.07) is 89.3. The van der Waals surface area contributed by atoms with E-state index in [0.29, 0.717) is 0 Å². The average molecular weight is 940 g/mol. The third kappa shape index (κ3) is 10.5. The highest BCUT2D eigenvalue weighted by Crippen LogP contribution is 2.56. The van der Waals surface area contributed by atoms with Crippen molar-refractivity contribution in [2.24, 2.45) is 0 Å². The number of fused-ring (bicyclic) bond motifs is 5. The number of benzene rings is 10. The highest BCUT2D eigenvalue weighted by molar-refractivity contribution is 5.87. The van der Waals surface area contributed by atoms with E-state index in [4.69, 9.17) is 0 Å². The molecule has 10 aromatic rings. The molecule has 0 atom stereocenters. The fourth-order valence-electron chi connectivity index (χ4n) is 10.1. The molecule has 0 N–H and O–H groups in total. The van der Waals surface area contributed by atoms with Crippen LogP contribution in [0.2, 0.25) is 0 Å². The first-order chi connectivity index (χ1) is 35.0. The minimum Gasteiger partial charge on any atom is -0.310 e. The number of halogens is 1. The van der Waals surface area contributed by atoms with Crippen molar-refractivity contribution >= 4 is 17.1 Å². The summed E-state index contributed by atoms with van der Waals surface area (Å²) in [4.78, 5) is 2.38. The van der Waals surface area contributed by atoms with Gasteiger partial charge in [-0.05, 0) is 120 Å². The van der Waals surface area contributed by atoms with Crippen molar-refractivity contribution < 1.29 is 4.39 Å². The number of rotatable bonds is 4. The van der Waals surface area contributed by atoms with E-state index in [9.17, 15) is 4.39 Å². The second-order valence-electron chi connectivity index (χ2n) is 18.9. The van der Waals surface area contributed by atoms with Crippen LogP contribution in [0.15, 0.2) is 255 Å². The Kier molecular flexibility index (Phi) is 15.9. The van der Waals surface area contributed by atoms with Crippen LogP contribution >= 0.6 is 0 Å². The van der Waals surface area contributed by atoms with Crippen molar-refractivity contribution in [2.75, 3.05) is 4.90 Å². The van der Waals surface area contributed by atoms with Gasteiger partial charge in [0, 0.05) is 11.1 Å². The van der Waals surface area contributed by atoms with Crippen LogP contribution in [0, 0.1) is 33.5 Å². The van der Waals surface area contributed by atoms with E-state index in [1.807, 2.05) is 20.8 Å². The lowest BCUT2D eigenvalue weighted by atomic mass is 9.68. The SMILES string of the molecule is CC.Cc1ccc(-c2ccc(C)cc2)cc1.Cc1ccc(F)cc1.Cc1ccc2c(c1)C(C)(C)c1ccccc1N2c1ccccc1.c1ccc(C2(c3ccccc3)c3ccccc3-c3ccccc32)cc1. The number of anilines is 3. The lowest BCUT2D eigenvalue weighted by Gasteiger charge is -2.42. The molecule has 0 bridgehead atoms. The van der Waals surface area contributed by atoms with Crippen LogP contribution in [0.1, 0.15) is 83.3 Å². The summed E-state index contributed by atoms with van der Waals surface area (Å²) >= 11 is 0. The van der Waals surface area contributed by atoms with Gasteiger partial charge < -0.3 is 4.90 Å². The molecule has 0 fully saturated rings. The third-order valence-corrected chi connectivity index (χ3v) is 13.7. The predicted molar refractivity (Wildman–Crippen MR) is 306 cm³/mol. The van der Waals surface area contributed by atoms with Gasteiger partial charge in [-0.2, -0.15) is 0 Å². The second kappa shape index (κ2) is 22.8. The largest absolute Gasteiger partial charge is 0.310 e. The van der Waals surface area contributed by atoms with Crippen LogP contribution in [0.25, 0.3) is 22.3 Å². The van der Waals surface area contributed by atoms with Gasteiger partial charge in [0.1, 0.15) is 5.82 Å². The normalized spacial score (nSPS) is 12.7. The fourth-order valence-corrected chi connectivity index (χ4v) is 10.1. The maximum Gasteiger partial charge on any atom is 0.123 e. The maximum absolute atomic E-state index is 12.1. The Labute approximate surface area is 429 Å². The van der Waals surface area contributed by atoms with E-state index in [0.717, 1.165) is 5.56 Å². The molecule has 72 heavy (non-hydrogen) atoms. The zero-order valence-corrected chi connectivity index (χ0v) is 43.1. The molecule has 1 aliphatic carbocycles. The first-order valence-corrected chi connectivity index (χ1v) is 25.3. The van der Waals surface area contributed by atoms with E-state index < -0.39 is 0 Å². The van der Waals surface area contributed by atoms with Crippen LogP contribution in [0.5, 0.6) is 0 Å². The van der Waals surface area contributed by atoms with Gasteiger partial charge >= 0.3 is 0 Å². The van der Waals surface area contributed by atoms with Crippen LogP contribution in [-0.2, 0) is 10.8 Å². The van der Waals surface area contributed by atoms with Gasteiger partial charge in [-0.25, -0.2) is 4.39 Å². The molecule has 0 amide bonds. The Morgan fingerprint density at radius 3 is 1.15 bits per heavy atom. The highest BCUT2D eigenvalue weighted by Gasteiger charge is 2.45. The van der Waals surface area contributed by atoms with Gasteiger partial charge in [-0.1, -0.05) is 268 Å². The first kappa shape index (κ1) is 50.3. The number of aryl methyl sites for hydroxylation is 4. The molecule has 12 rings (SSSR count). The molecule has 2 heteroatoms. The van der Waals surface area contributed by atoms with Crippen LogP contribution in [-0.4, -0.2) is 0 Å². The van der Waals surface area contributed by atoms with Crippen molar-refractivity contribution in [2.45, 2.75) is 66.2 Å². The smallest absolute Gasteiger partial charge is 0.123 e. The highest BCUT2D eigenvalue weighted by atomic mass is 19.1. The monoisotopic (exact) mass is 940 g/mol. The lowest BCUT2D eigenvalue weighted by molar-refractivity contribution is 0.627. The molecule has 10 aromatic carbocycles. The van der Waals surface area contributed by atoms with E-state index >= 15 is 0 Å². The minimum absolute atomic E-state index is 0.00320. The third-order valence-electron chi connectivity index (χ3n) is 13.7. The Bertz CT molecular complexity index is 3150. The maximum atomic E-state index is 12.1. The minimum atomic E-state index is -0.254. The Hall–Kier alpha value is -8.07. The average Bonchev–Trinajstić information content (AvgIpc) is 3.73. The quantitative estimate of drug-likeness (QED) is 0.170. The molecule has 358 valence electrons. The number of nitrogens with zero attached hydrogens (tertiary/aromatic N) is 1. The number of para-hydroxylation sites is 2. The standard InChI is InChI=1S/C25H18.C22H21N.C14H14.C7H7F.C2H6/c1-3-11-19(12-4-1)25(20-13-5-2-6-14-20)23-17-9-7-15-21(23)22-16-8-10-18-24(22)25;1-16-13-14-21-19(15-16)22(2,3)18-11-7-8-12-20(18)23(21)17-9-5-4-6-10-17;1-11-3-7-13(8-4-11)14-9-5-12(2)6-10-14;1-6-2-4-7(8)5-3-6;1-2/h1-18H;4-15H,1-3H3;3-10H,1-2H3;2-5H,1H3;1-2H3. The van der Waals surface area contributed by atoms with Gasteiger partial charge in [0.25, 0.3) is 0 Å². The van der Waals surface area contributed by atoms with Crippen LogP contribution < -0.4 is 4.90 Å². The Balaban J connectivity index is 0.000000136. The summed E-state index contributed by atoms with van der Waals surface area (Å²) in [5.74, 6) is -0.171. The molecule has 0 saturated carbocycles. The Morgan fingerprint density at radius 2 is 0.694 bits per heavy atom. The van der Waals surface area contributed by atoms with Gasteiger partial charge in [0.2, 0.25) is 0 Å². The summed E-state index contributed by atoms with van der Waals surface area (Å²) in [6.07, 6.45) is 0. The molecule has 0 spiro atoms. The van der Waals surface area contributed by atoms with E-state index in [-0.39, 0.29) is 16.6 Å². The molecule has 2 aliphatic rings. The van der Waals surface area contributed by atoms with Gasteiger partial charge in [0.05, 0.1) is 16.8 Å². The van der Waals surface area contributed by atoms with E-state index in [2.05, 4.69) is 270 Å². The van der Waals surface area contributed by atoms with Gasteiger partial charge in [-0.3, -0.25) is 0 Å². The molecule has 0 radical (unpaired) electrons. The van der Waals surface area contributed by atoms with Crippen LogP contribution in [0.3, 0.4) is 0 Å². The van der Waals surface area contributed by atoms with E-state index in [1.165, 1.54) is 102 Å². The molecular weight excluding hydrogens is 874 g/mol. The van der Waals surface area contributed by atoms with Gasteiger partial charge in [0.15, 0.2) is 0 Å². The molecular formula is C70H66FN. The second-order valence-corrected chi connectivity index (χ2v) is 18.9. The fraction of sp³-hybridized carbons (Fsp3) is 0.143. The zero-order valence-electron chi connectivity index (χ0n) is 43.1. The molecule has 0 aromatic heterocycles. The van der Waals surface area contributed by atoms with E-state index in [1.54, 1.807) is 12.1 Å². The topological polar surface area (TPSA) is 3.24 Å². The molecule has 1 aliphatic heterocycles. The lowest BCUT2D eigenvalue weighted by Crippen LogP contribution is -2.30. The number of hydrogen-bond acceptors (Lipinski definition) is 1. The van der Waals surface area contributed by atoms with Crippen molar-refractivity contribution in [3.8, 4) is 22.3 Å². The molecule has 0 unspecified atom stereocenters. The Morgan fingerprint density at radius 1 is 0.333 bits per heavy atom. The summed E-state index contributed by atoms with van der Waals surface area (Å²) < 4.78 is 12.1. The molecule has 0 saturated heterocycles. The number of hydrogen-bond donors (Lipinski definition) is 0. The summed E-state index contributed by atoms with van der Waals surface area (Å²) in [5, 5.41) is 0. The zero-order chi connectivity index (χ0) is 50.7. The predicted octanol–water partition coefficient (Wildman–Crippen LogP) is 19.3. The van der Waals surface area contributed by atoms with Crippen molar-refractivity contribution in [3.63, 3.8) is 0 Å². The van der Waals surface area contributed by atoms with Crippen molar-refractivity contribution in [1.29, 1.82) is 0 Å². The van der Waals surface area contributed by atoms with Crippen LogP contribution in [0.4, 0.5) is 21.5 Å². The van der Waals surface area contributed by atoms with Crippen molar-refractivity contribution in [1.82, 2.24) is 0 Å². The summed E-state index contributed by atoms with van der Waals surface area (Å²) in [7, 11) is 0.